The van der Waals surface area contributed by atoms with E-state index in [4.69, 9.17) is 9.97 Å². The van der Waals surface area contributed by atoms with Gasteiger partial charge in [-0.2, -0.15) is 0 Å². The van der Waals surface area contributed by atoms with Crippen LogP contribution >= 0.6 is 23.1 Å². The van der Waals surface area contributed by atoms with E-state index in [1.54, 1.807) is 4.57 Å². The molecule has 0 spiro atoms. The van der Waals surface area contributed by atoms with Gasteiger partial charge < -0.3 is 4.98 Å². The summed E-state index contributed by atoms with van der Waals surface area (Å²) < 4.78 is 1.75. The van der Waals surface area contributed by atoms with Crippen molar-refractivity contribution in [2.75, 3.05) is 0 Å². The van der Waals surface area contributed by atoms with E-state index >= 15 is 0 Å². The van der Waals surface area contributed by atoms with Crippen LogP contribution in [0.25, 0.3) is 32.2 Å². The number of benzene rings is 2. The molecule has 6 nitrogen and oxygen atoms in total. The fourth-order valence-electron chi connectivity index (χ4n) is 3.82. The minimum atomic E-state index is -0.151. The third-order valence-electron chi connectivity index (χ3n) is 5.72. The first-order chi connectivity index (χ1) is 16.1. The minimum Gasteiger partial charge on any atom is -0.309 e. The second kappa shape index (κ2) is 8.96. The highest BCUT2D eigenvalue weighted by molar-refractivity contribution is 7.98. The molecule has 166 valence electrons. The Morgan fingerprint density at radius 2 is 1.82 bits per heavy atom. The first kappa shape index (κ1) is 21.6. The predicted molar refractivity (Wildman–Crippen MR) is 136 cm³/mol. The summed E-state index contributed by atoms with van der Waals surface area (Å²) in [5.74, 6) is 0.974. The van der Waals surface area contributed by atoms with Gasteiger partial charge in [0, 0.05) is 17.0 Å². The third-order valence-corrected chi connectivity index (χ3v) is 7.56. The van der Waals surface area contributed by atoms with Crippen LogP contribution < -0.4 is 11.1 Å². The van der Waals surface area contributed by atoms with Crippen LogP contribution in [0.4, 0.5) is 0 Å². The molecule has 0 amide bonds. The Kier molecular flexibility index (Phi) is 5.86. The van der Waals surface area contributed by atoms with Gasteiger partial charge in [0.2, 0.25) is 0 Å². The van der Waals surface area contributed by atoms with Gasteiger partial charge in [-0.3, -0.25) is 14.2 Å². The molecular formula is C25H22N4O2S2. The van der Waals surface area contributed by atoms with Crippen LogP contribution in [0.2, 0.25) is 0 Å². The quantitative estimate of drug-likeness (QED) is 0.255. The molecule has 0 aliphatic carbocycles. The van der Waals surface area contributed by atoms with E-state index in [1.165, 1.54) is 23.1 Å². The highest BCUT2D eigenvalue weighted by atomic mass is 32.2. The highest BCUT2D eigenvalue weighted by Crippen LogP contribution is 2.31. The lowest BCUT2D eigenvalue weighted by atomic mass is 10.1. The number of rotatable bonds is 6. The Hall–Kier alpha value is -3.23. The summed E-state index contributed by atoms with van der Waals surface area (Å²) in [5.41, 5.74) is 2.37. The molecule has 5 rings (SSSR count). The lowest BCUT2D eigenvalue weighted by Gasteiger charge is -2.18. The smallest absolute Gasteiger partial charge is 0.262 e. The number of H-pyrrole nitrogens is 1. The number of aromatic nitrogens is 4. The molecule has 0 fully saturated rings. The van der Waals surface area contributed by atoms with Crippen LogP contribution in [0, 0.1) is 0 Å². The van der Waals surface area contributed by atoms with Crippen molar-refractivity contribution in [3.8, 4) is 11.1 Å². The molecule has 2 aromatic carbocycles. The van der Waals surface area contributed by atoms with E-state index in [1.807, 2.05) is 66.9 Å². The minimum absolute atomic E-state index is 0.0114. The maximum Gasteiger partial charge on any atom is 0.262 e. The summed E-state index contributed by atoms with van der Waals surface area (Å²) in [6, 6.07) is 17.3. The molecule has 0 radical (unpaired) electrons. The first-order valence-electron chi connectivity index (χ1n) is 10.8. The molecule has 33 heavy (non-hydrogen) atoms. The Morgan fingerprint density at radius 3 is 2.61 bits per heavy atom. The van der Waals surface area contributed by atoms with Gasteiger partial charge in [0.05, 0.1) is 22.0 Å². The zero-order valence-electron chi connectivity index (χ0n) is 18.2. The van der Waals surface area contributed by atoms with E-state index < -0.39 is 0 Å². The van der Waals surface area contributed by atoms with E-state index in [-0.39, 0.29) is 17.2 Å². The molecule has 0 aliphatic heterocycles. The number of para-hydroxylation sites is 1. The Labute approximate surface area is 198 Å². The molecule has 5 aromatic rings. The van der Waals surface area contributed by atoms with Gasteiger partial charge in [0.1, 0.15) is 10.7 Å². The molecule has 1 atom stereocenters. The van der Waals surface area contributed by atoms with Crippen molar-refractivity contribution >= 4 is 44.2 Å². The maximum atomic E-state index is 13.2. The largest absolute Gasteiger partial charge is 0.309 e. The summed E-state index contributed by atoms with van der Waals surface area (Å²) in [4.78, 5) is 39.2. The monoisotopic (exact) mass is 474 g/mol. The molecule has 1 N–H and O–H groups in total. The van der Waals surface area contributed by atoms with Crippen LogP contribution in [0.5, 0.6) is 0 Å². The van der Waals surface area contributed by atoms with Crippen molar-refractivity contribution in [1.29, 1.82) is 0 Å². The average Bonchev–Trinajstić information content (AvgIpc) is 3.28. The van der Waals surface area contributed by atoms with Crippen molar-refractivity contribution in [3.63, 3.8) is 0 Å². The average molecular weight is 475 g/mol. The van der Waals surface area contributed by atoms with Gasteiger partial charge in [-0.1, -0.05) is 61.2 Å². The SMILES string of the molecule is CCC(C)n1c(SCc2nc3scc(-c4ccccc4)c3c(=O)[nH]2)nc2ccccc2c1=O. The summed E-state index contributed by atoms with van der Waals surface area (Å²) in [6.07, 6.45) is 0.811. The van der Waals surface area contributed by atoms with Gasteiger partial charge in [0.15, 0.2) is 5.16 Å². The van der Waals surface area contributed by atoms with Crippen molar-refractivity contribution in [2.45, 2.75) is 37.2 Å². The van der Waals surface area contributed by atoms with E-state index in [0.717, 1.165) is 17.5 Å². The van der Waals surface area contributed by atoms with Crippen molar-refractivity contribution in [1.82, 2.24) is 19.5 Å². The molecule has 0 bridgehead atoms. The predicted octanol–water partition coefficient (Wildman–Crippen LogP) is 5.62. The Morgan fingerprint density at radius 1 is 1.06 bits per heavy atom. The van der Waals surface area contributed by atoms with Crippen molar-refractivity contribution < 1.29 is 0 Å². The van der Waals surface area contributed by atoms with Crippen LogP contribution in [-0.4, -0.2) is 19.5 Å². The summed E-state index contributed by atoms with van der Waals surface area (Å²) in [6.45, 7) is 4.07. The van der Waals surface area contributed by atoms with Crippen LogP contribution in [0.3, 0.4) is 0 Å². The number of nitrogens with one attached hydrogen (secondary N) is 1. The number of thiophene rings is 1. The van der Waals surface area contributed by atoms with Crippen molar-refractivity contribution in [2.24, 2.45) is 0 Å². The van der Waals surface area contributed by atoms with E-state index in [2.05, 4.69) is 11.9 Å². The van der Waals surface area contributed by atoms with E-state index in [0.29, 0.717) is 37.9 Å². The molecule has 1 unspecified atom stereocenters. The lowest BCUT2D eigenvalue weighted by molar-refractivity contribution is 0.468. The lowest BCUT2D eigenvalue weighted by Crippen LogP contribution is -2.26. The molecule has 8 heteroatoms. The van der Waals surface area contributed by atoms with Gasteiger partial charge in [-0.15, -0.1) is 11.3 Å². The second-order valence-electron chi connectivity index (χ2n) is 7.84. The Bertz CT molecular complexity index is 1570. The number of nitrogens with zero attached hydrogens (tertiary/aromatic N) is 3. The molecule has 0 aliphatic rings. The van der Waals surface area contributed by atoms with Gasteiger partial charge in [-0.05, 0) is 31.0 Å². The number of hydrogen-bond acceptors (Lipinski definition) is 6. The molecule has 3 heterocycles. The molecule has 3 aromatic heterocycles. The normalized spacial score (nSPS) is 12.4. The van der Waals surface area contributed by atoms with Gasteiger partial charge in [0.25, 0.3) is 11.1 Å². The van der Waals surface area contributed by atoms with Crippen LogP contribution in [0.1, 0.15) is 32.1 Å². The topological polar surface area (TPSA) is 80.6 Å². The maximum absolute atomic E-state index is 13.2. The zero-order valence-corrected chi connectivity index (χ0v) is 19.9. The number of fused-ring (bicyclic) bond motifs is 2. The van der Waals surface area contributed by atoms with Gasteiger partial charge >= 0.3 is 0 Å². The van der Waals surface area contributed by atoms with Crippen molar-refractivity contribution in [3.05, 3.63) is 86.5 Å². The second-order valence-corrected chi connectivity index (χ2v) is 9.64. The first-order valence-corrected chi connectivity index (χ1v) is 12.6. The van der Waals surface area contributed by atoms with Gasteiger partial charge in [-0.25, -0.2) is 9.97 Å². The van der Waals surface area contributed by atoms with E-state index in [9.17, 15) is 9.59 Å². The Balaban J connectivity index is 1.52. The number of hydrogen-bond donors (Lipinski definition) is 1. The molecular weight excluding hydrogens is 452 g/mol. The summed E-state index contributed by atoms with van der Waals surface area (Å²) in [5, 5.41) is 3.83. The van der Waals surface area contributed by atoms with Crippen LogP contribution in [0.15, 0.2) is 74.7 Å². The number of aromatic amines is 1. The fraction of sp³-hybridized carbons (Fsp3) is 0.200. The third kappa shape index (κ3) is 4.00. The fourth-order valence-corrected chi connectivity index (χ4v) is 5.76. The molecule has 0 saturated heterocycles. The number of thioether (sulfide) groups is 1. The zero-order chi connectivity index (χ0) is 22.9. The van der Waals surface area contributed by atoms with Crippen LogP contribution in [-0.2, 0) is 5.75 Å². The summed E-state index contributed by atoms with van der Waals surface area (Å²) in [7, 11) is 0. The molecule has 0 saturated carbocycles. The highest BCUT2D eigenvalue weighted by Gasteiger charge is 2.17. The standard InChI is InChI=1S/C25H22N4O2S2/c1-3-15(2)29-24(31)17-11-7-8-12-19(17)26-25(29)33-14-20-27-22(30)21-18(13-32-23(21)28-20)16-9-5-4-6-10-16/h4-13,15H,3,14H2,1-2H3,(H,27,28,30). The summed E-state index contributed by atoms with van der Waals surface area (Å²) >= 11 is 2.88.